The summed E-state index contributed by atoms with van der Waals surface area (Å²) in [6.45, 7) is 0. The number of halogens is 1. The molecule has 2 heterocycles. The van der Waals surface area contributed by atoms with Crippen LogP contribution in [0.2, 0.25) is 5.02 Å². The zero-order chi connectivity index (χ0) is 15.7. The number of amides is 1. The van der Waals surface area contributed by atoms with Crippen LogP contribution in [0.4, 0.5) is 5.95 Å². The highest BCUT2D eigenvalue weighted by atomic mass is 35.5. The molecule has 114 valence electrons. The molecular formula is C16H16ClN3OS. The predicted molar refractivity (Wildman–Crippen MR) is 91.8 cm³/mol. The van der Waals surface area contributed by atoms with E-state index in [1.807, 2.05) is 47.3 Å². The van der Waals surface area contributed by atoms with Crippen molar-refractivity contribution in [3.63, 3.8) is 0 Å². The summed E-state index contributed by atoms with van der Waals surface area (Å²) in [6.07, 6.45) is 1.14. The highest BCUT2D eigenvalue weighted by Gasteiger charge is 2.17. The largest absolute Gasteiger partial charge is 0.313 e. The van der Waals surface area contributed by atoms with Crippen LogP contribution in [-0.2, 0) is 18.3 Å². The molecule has 2 aromatic heterocycles. The maximum Gasteiger partial charge on any atom is 0.229 e. The second-order valence-corrected chi connectivity index (χ2v) is 6.58. The van der Waals surface area contributed by atoms with E-state index in [-0.39, 0.29) is 5.91 Å². The lowest BCUT2D eigenvalue weighted by molar-refractivity contribution is -0.118. The van der Waals surface area contributed by atoms with E-state index in [4.69, 9.17) is 11.6 Å². The minimum absolute atomic E-state index is 0.0444. The highest BCUT2D eigenvalue weighted by Crippen LogP contribution is 2.23. The molecule has 22 heavy (non-hydrogen) atoms. The van der Waals surface area contributed by atoms with Gasteiger partial charge in [0.2, 0.25) is 11.9 Å². The van der Waals surface area contributed by atoms with Crippen LogP contribution in [0.5, 0.6) is 0 Å². The van der Waals surface area contributed by atoms with Crippen LogP contribution in [0.25, 0.3) is 11.0 Å². The molecule has 0 N–H and O–H groups in total. The molecule has 0 spiro atoms. The first kappa shape index (κ1) is 15.1. The standard InChI is InChI=1S/C16H16ClN3OS/c1-19-14-6-4-3-5-13(14)18-16(19)20(2)15(21)8-7-12-9-11(17)10-22-12/h3-6,9-10H,7-8H2,1-2H3. The lowest BCUT2D eigenvalue weighted by Gasteiger charge is -2.16. The van der Waals surface area contributed by atoms with E-state index >= 15 is 0 Å². The molecule has 0 fully saturated rings. The smallest absolute Gasteiger partial charge is 0.229 e. The molecule has 3 rings (SSSR count). The highest BCUT2D eigenvalue weighted by molar-refractivity contribution is 7.10. The molecule has 4 nitrogen and oxygen atoms in total. The fourth-order valence-corrected chi connectivity index (χ4v) is 3.50. The molecule has 0 saturated heterocycles. The van der Waals surface area contributed by atoms with E-state index in [0.29, 0.717) is 18.8 Å². The van der Waals surface area contributed by atoms with Gasteiger partial charge in [0.1, 0.15) is 0 Å². The van der Waals surface area contributed by atoms with E-state index < -0.39 is 0 Å². The predicted octanol–water partition coefficient (Wildman–Crippen LogP) is 3.88. The number of aryl methyl sites for hydroxylation is 2. The molecule has 0 aliphatic carbocycles. The number of anilines is 1. The molecule has 0 atom stereocenters. The molecule has 1 aromatic carbocycles. The maximum atomic E-state index is 12.4. The van der Waals surface area contributed by atoms with Gasteiger partial charge in [-0.25, -0.2) is 4.98 Å². The quantitative estimate of drug-likeness (QED) is 0.726. The van der Waals surface area contributed by atoms with Gasteiger partial charge in [-0.15, -0.1) is 11.3 Å². The number of hydrogen-bond acceptors (Lipinski definition) is 3. The van der Waals surface area contributed by atoms with Crippen LogP contribution < -0.4 is 4.90 Å². The average molecular weight is 334 g/mol. The SMILES string of the molecule is CN(C(=O)CCc1cc(Cl)cs1)c1nc2ccccc2n1C. The molecule has 0 aliphatic rings. The van der Waals surface area contributed by atoms with Gasteiger partial charge in [0, 0.05) is 30.8 Å². The minimum atomic E-state index is 0.0444. The number of para-hydroxylation sites is 2. The first-order chi connectivity index (χ1) is 10.6. The van der Waals surface area contributed by atoms with Gasteiger partial charge in [0.25, 0.3) is 0 Å². The molecule has 6 heteroatoms. The Labute approximate surface area is 137 Å². The van der Waals surface area contributed by atoms with E-state index in [9.17, 15) is 4.79 Å². The second-order valence-electron chi connectivity index (χ2n) is 5.14. The summed E-state index contributed by atoms with van der Waals surface area (Å²) >= 11 is 7.48. The molecule has 3 aromatic rings. The number of nitrogens with zero attached hydrogens (tertiary/aromatic N) is 3. The van der Waals surface area contributed by atoms with Gasteiger partial charge in [0.05, 0.1) is 16.1 Å². The number of carbonyl (C=O) groups excluding carboxylic acids is 1. The van der Waals surface area contributed by atoms with Crippen molar-refractivity contribution in [3.8, 4) is 0 Å². The average Bonchev–Trinajstić information content (AvgIpc) is 3.08. The van der Waals surface area contributed by atoms with Gasteiger partial charge in [-0.05, 0) is 24.6 Å². The number of benzene rings is 1. The topological polar surface area (TPSA) is 38.1 Å². The molecule has 1 amide bonds. The normalized spacial score (nSPS) is 11.0. The fraction of sp³-hybridized carbons (Fsp3) is 0.250. The third-order valence-electron chi connectivity index (χ3n) is 3.64. The Morgan fingerprint density at radius 1 is 1.41 bits per heavy atom. The maximum absolute atomic E-state index is 12.4. The number of rotatable bonds is 4. The summed E-state index contributed by atoms with van der Waals surface area (Å²) in [4.78, 5) is 19.7. The number of aromatic nitrogens is 2. The Morgan fingerprint density at radius 3 is 2.86 bits per heavy atom. The lowest BCUT2D eigenvalue weighted by atomic mass is 10.2. The minimum Gasteiger partial charge on any atom is -0.313 e. The molecular weight excluding hydrogens is 318 g/mol. The summed E-state index contributed by atoms with van der Waals surface area (Å²) < 4.78 is 1.94. The van der Waals surface area contributed by atoms with E-state index in [1.165, 1.54) is 0 Å². The number of imidazole rings is 1. The molecule has 0 aliphatic heterocycles. The van der Waals surface area contributed by atoms with Gasteiger partial charge in [-0.1, -0.05) is 23.7 Å². The van der Waals surface area contributed by atoms with Crippen LogP contribution in [-0.4, -0.2) is 22.5 Å². The summed E-state index contributed by atoms with van der Waals surface area (Å²) in [6, 6.07) is 9.77. The molecule has 0 bridgehead atoms. The Kier molecular flexibility index (Phi) is 4.18. The third kappa shape index (κ3) is 2.87. The van der Waals surface area contributed by atoms with E-state index in [2.05, 4.69) is 4.98 Å². The first-order valence-electron chi connectivity index (χ1n) is 6.97. The summed E-state index contributed by atoms with van der Waals surface area (Å²) in [5, 5.41) is 2.62. The van der Waals surface area contributed by atoms with Gasteiger partial charge in [0.15, 0.2) is 0 Å². The van der Waals surface area contributed by atoms with Crippen molar-refractivity contribution in [3.05, 3.63) is 45.6 Å². The van der Waals surface area contributed by atoms with Crippen molar-refractivity contribution < 1.29 is 4.79 Å². The summed E-state index contributed by atoms with van der Waals surface area (Å²) in [5.41, 5.74) is 1.91. The fourth-order valence-electron chi connectivity index (χ4n) is 2.43. The van der Waals surface area contributed by atoms with E-state index in [0.717, 1.165) is 20.9 Å². The number of carbonyl (C=O) groups is 1. The van der Waals surface area contributed by atoms with Crippen LogP contribution >= 0.6 is 22.9 Å². The van der Waals surface area contributed by atoms with Crippen molar-refractivity contribution in [2.24, 2.45) is 7.05 Å². The van der Waals surface area contributed by atoms with Crippen LogP contribution in [0.1, 0.15) is 11.3 Å². The number of fused-ring (bicyclic) bond motifs is 1. The van der Waals surface area contributed by atoms with Crippen LogP contribution in [0.15, 0.2) is 35.7 Å². The van der Waals surface area contributed by atoms with Gasteiger partial charge in [-0.3, -0.25) is 9.69 Å². The zero-order valence-corrected chi connectivity index (χ0v) is 14.0. The molecule has 0 radical (unpaired) electrons. The van der Waals surface area contributed by atoms with E-state index in [1.54, 1.807) is 23.3 Å². The Balaban J connectivity index is 1.75. The monoisotopic (exact) mass is 333 g/mol. The Bertz CT molecular complexity index is 824. The Hall–Kier alpha value is -1.85. The summed E-state index contributed by atoms with van der Waals surface area (Å²) in [5.74, 6) is 0.707. The van der Waals surface area contributed by atoms with Crippen molar-refractivity contribution in [1.82, 2.24) is 9.55 Å². The lowest BCUT2D eigenvalue weighted by Crippen LogP contribution is -2.28. The van der Waals surface area contributed by atoms with Crippen molar-refractivity contribution in [2.45, 2.75) is 12.8 Å². The third-order valence-corrected chi connectivity index (χ3v) is 4.99. The van der Waals surface area contributed by atoms with Gasteiger partial charge >= 0.3 is 0 Å². The van der Waals surface area contributed by atoms with Crippen LogP contribution in [0.3, 0.4) is 0 Å². The molecule has 0 unspecified atom stereocenters. The van der Waals surface area contributed by atoms with Crippen molar-refractivity contribution in [1.29, 1.82) is 0 Å². The van der Waals surface area contributed by atoms with Gasteiger partial charge < -0.3 is 4.57 Å². The number of hydrogen-bond donors (Lipinski definition) is 0. The van der Waals surface area contributed by atoms with Crippen molar-refractivity contribution in [2.75, 3.05) is 11.9 Å². The van der Waals surface area contributed by atoms with Crippen LogP contribution in [0, 0.1) is 0 Å². The second kappa shape index (κ2) is 6.10. The Morgan fingerprint density at radius 2 is 2.18 bits per heavy atom. The van der Waals surface area contributed by atoms with Gasteiger partial charge in [-0.2, -0.15) is 0 Å². The van der Waals surface area contributed by atoms with Crippen molar-refractivity contribution >= 4 is 45.8 Å². The molecule has 0 saturated carbocycles. The zero-order valence-electron chi connectivity index (χ0n) is 12.4. The number of thiophene rings is 1. The first-order valence-corrected chi connectivity index (χ1v) is 8.23. The summed E-state index contributed by atoms with van der Waals surface area (Å²) in [7, 11) is 3.69.